The van der Waals surface area contributed by atoms with Gasteiger partial charge < -0.3 is 15.4 Å². The predicted molar refractivity (Wildman–Crippen MR) is 107 cm³/mol. The Bertz CT molecular complexity index is 1020. The Morgan fingerprint density at radius 3 is 2.46 bits per heavy atom. The number of aromatic nitrogens is 2. The minimum absolute atomic E-state index is 0.156. The van der Waals surface area contributed by atoms with Crippen LogP contribution in [0.4, 0.5) is 17.2 Å². The number of amides is 1. The van der Waals surface area contributed by atoms with Crippen molar-refractivity contribution in [3.05, 3.63) is 76.7 Å². The number of nitrogens with one attached hydrogen (secondary N) is 2. The summed E-state index contributed by atoms with van der Waals surface area (Å²) in [5.74, 6) is -0.132. The van der Waals surface area contributed by atoms with Crippen LogP contribution in [0.15, 0.2) is 54.6 Å². The average Bonchev–Trinajstić information content (AvgIpc) is 2.69. The van der Waals surface area contributed by atoms with E-state index in [0.717, 1.165) is 5.69 Å². The van der Waals surface area contributed by atoms with Crippen LogP contribution in [0.25, 0.3) is 0 Å². The van der Waals surface area contributed by atoms with Crippen LogP contribution in [0.2, 0.25) is 5.02 Å². The van der Waals surface area contributed by atoms with Crippen molar-refractivity contribution >= 4 is 40.7 Å². The fraction of sp³-hybridized carbons (Fsp3) is 0.100. The van der Waals surface area contributed by atoms with Crippen molar-refractivity contribution in [2.45, 2.75) is 6.92 Å². The molecule has 1 amide bonds. The third kappa shape index (κ3) is 4.63. The molecule has 0 atom stereocenters. The Kier molecular flexibility index (Phi) is 5.86. The predicted octanol–water partition coefficient (Wildman–Crippen LogP) is 4.22. The van der Waals surface area contributed by atoms with Gasteiger partial charge in [0.15, 0.2) is 0 Å². The van der Waals surface area contributed by atoms with Crippen LogP contribution in [-0.4, -0.2) is 29.0 Å². The lowest BCUT2D eigenvalue weighted by atomic mass is 10.1. The zero-order chi connectivity index (χ0) is 20.1. The molecule has 3 rings (SSSR count). The van der Waals surface area contributed by atoms with Crippen molar-refractivity contribution in [3.8, 4) is 0 Å². The monoisotopic (exact) mass is 396 g/mol. The molecule has 142 valence electrons. The van der Waals surface area contributed by atoms with Crippen LogP contribution in [0.3, 0.4) is 0 Å². The number of halogens is 1. The third-order valence-electron chi connectivity index (χ3n) is 3.77. The van der Waals surface area contributed by atoms with E-state index in [2.05, 4.69) is 20.6 Å². The van der Waals surface area contributed by atoms with Gasteiger partial charge in [0.05, 0.1) is 18.4 Å². The van der Waals surface area contributed by atoms with Crippen LogP contribution in [0.1, 0.15) is 26.7 Å². The number of aryl methyl sites for hydroxylation is 1. The van der Waals surface area contributed by atoms with E-state index in [1.165, 1.54) is 13.2 Å². The van der Waals surface area contributed by atoms with Gasteiger partial charge in [-0.2, -0.15) is 0 Å². The van der Waals surface area contributed by atoms with E-state index in [9.17, 15) is 9.59 Å². The normalized spacial score (nSPS) is 10.2. The van der Waals surface area contributed by atoms with Gasteiger partial charge in [-0.25, -0.2) is 14.8 Å². The fourth-order valence-corrected chi connectivity index (χ4v) is 2.62. The molecule has 2 N–H and O–H groups in total. The number of hydrogen-bond acceptors (Lipinski definition) is 6. The van der Waals surface area contributed by atoms with Crippen LogP contribution >= 0.6 is 11.6 Å². The van der Waals surface area contributed by atoms with Crippen molar-refractivity contribution in [1.82, 2.24) is 9.97 Å². The first-order valence-electron chi connectivity index (χ1n) is 8.33. The highest BCUT2D eigenvalue weighted by molar-refractivity contribution is 6.30. The van der Waals surface area contributed by atoms with Crippen molar-refractivity contribution < 1.29 is 14.3 Å². The highest BCUT2D eigenvalue weighted by Gasteiger charge is 2.16. The molecule has 28 heavy (non-hydrogen) atoms. The highest BCUT2D eigenvalue weighted by atomic mass is 35.5. The van der Waals surface area contributed by atoms with Crippen molar-refractivity contribution in [2.75, 3.05) is 17.7 Å². The van der Waals surface area contributed by atoms with Gasteiger partial charge in [-0.1, -0.05) is 23.7 Å². The van der Waals surface area contributed by atoms with Gasteiger partial charge in [-0.05, 0) is 43.3 Å². The summed E-state index contributed by atoms with van der Waals surface area (Å²) >= 11 is 5.89. The van der Waals surface area contributed by atoms with E-state index < -0.39 is 11.9 Å². The second-order valence-corrected chi connectivity index (χ2v) is 6.25. The maximum Gasteiger partial charge on any atom is 0.339 e. The maximum atomic E-state index is 12.7. The molecule has 1 aromatic heterocycles. The molecule has 7 nitrogen and oxygen atoms in total. The molecule has 0 aliphatic rings. The maximum absolute atomic E-state index is 12.7. The Morgan fingerprint density at radius 1 is 1.04 bits per heavy atom. The van der Waals surface area contributed by atoms with E-state index in [1.54, 1.807) is 55.5 Å². The molecule has 0 spiro atoms. The summed E-state index contributed by atoms with van der Waals surface area (Å²) in [4.78, 5) is 33.0. The van der Waals surface area contributed by atoms with Gasteiger partial charge in [0.25, 0.3) is 5.91 Å². The second kappa shape index (κ2) is 8.49. The third-order valence-corrected chi connectivity index (χ3v) is 4.02. The van der Waals surface area contributed by atoms with E-state index in [-0.39, 0.29) is 11.3 Å². The summed E-state index contributed by atoms with van der Waals surface area (Å²) in [6.07, 6.45) is 0. The Labute approximate surface area is 166 Å². The molecule has 0 saturated heterocycles. The first-order chi connectivity index (χ1) is 13.5. The molecule has 0 saturated carbocycles. The largest absolute Gasteiger partial charge is 0.465 e. The van der Waals surface area contributed by atoms with Crippen LogP contribution < -0.4 is 10.6 Å². The molecular weight excluding hydrogens is 380 g/mol. The van der Waals surface area contributed by atoms with Crippen LogP contribution in [-0.2, 0) is 4.74 Å². The first-order valence-corrected chi connectivity index (χ1v) is 8.71. The lowest BCUT2D eigenvalue weighted by Gasteiger charge is -2.11. The van der Waals surface area contributed by atoms with Gasteiger partial charge in [-0.3, -0.25) is 4.79 Å². The number of methoxy groups -OCH3 is 1. The van der Waals surface area contributed by atoms with Crippen molar-refractivity contribution in [1.29, 1.82) is 0 Å². The van der Waals surface area contributed by atoms with Crippen LogP contribution in [0.5, 0.6) is 0 Å². The zero-order valence-corrected chi connectivity index (χ0v) is 15.9. The number of esters is 1. The van der Waals surface area contributed by atoms with Crippen molar-refractivity contribution in [3.63, 3.8) is 0 Å². The number of benzene rings is 2. The molecule has 2 aromatic carbocycles. The van der Waals surface area contributed by atoms with E-state index in [4.69, 9.17) is 16.3 Å². The number of hydrogen-bond donors (Lipinski definition) is 2. The standard InChI is InChI=1S/C20H17ClN4O3/c1-12-22-17(11-18(23-12)24-14-9-7-13(21)8-10-14)19(26)25-16-6-4-3-5-15(16)20(27)28-2/h3-11H,1-2H3,(H,25,26)(H,22,23,24). The smallest absolute Gasteiger partial charge is 0.339 e. The first kappa shape index (κ1) is 19.3. The fourth-order valence-electron chi connectivity index (χ4n) is 2.50. The molecule has 0 bridgehead atoms. The summed E-state index contributed by atoms with van der Waals surface area (Å²) in [5.41, 5.74) is 1.51. The van der Waals surface area contributed by atoms with Gasteiger partial charge in [0.2, 0.25) is 0 Å². The molecular formula is C20H17ClN4O3. The topological polar surface area (TPSA) is 93.2 Å². The lowest BCUT2D eigenvalue weighted by molar-refractivity contribution is 0.0602. The number of carbonyl (C=O) groups is 2. The molecule has 0 aliphatic carbocycles. The summed E-state index contributed by atoms with van der Waals surface area (Å²) in [6, 6.07) is 15.2. The van der Waals surface area contributed by atoms with Gasteiger partial charge >= 0.3 is 5.97 Å². The number of nitrogens with zero attached hydrogens (tertiary/aromatic N) is 2. The van der Waals surface area contributed by atoms with Gasteiger partial charge in [0.1, 0.15) is 17.3 Å². The van der Waals surface area contributed by atoms with E-state index >= 15 is 0 Å². The van der Waals surface area contributed by atoms with Crippen molar-refractivity contribution in [2.24, 2.45) is 0 Å². The SMILES string of the molecule is COC(=O)c1ccccc1NC(=O)c1cc(Nc2ccc(Cl)cc2)nc(C)n1. The number of carbonyl (C=O) groups excluding carboxylic acids is 2. The number of rotatable bonds is 5. The summed E-state index contributed by atoms with van der Waals surface area (Å²) in [7, 11) is 1.28. The lowest BCUT2D eigenvalue weighted by Crippen LogP contribution is -2.17. The number of anilines is 3. The highest BCUT2D eigenvalue weighted by Crippen LogP contribution is 2.20. The zero-order valence-electron chi connectivity index (χ0n) is 15.2. The summed E-state index contributed by atoms with van der Waals surface area (Å²) < 4.78 is 4.74. The quantitative estimate of drug-likeness (QED) is 0.627. The van der Waals surface area contributed by atoms with Gasteiger partial charge in [-0.15, -0.1) is 0 Å². The van der Waals surface area contributed by atoms with Crippen LogP contribution in [0, 0.1) is 6.92 Å². The minimum Gasteiger partial charge on any atom is -0.465 e. The number of ether oxygens (including phenoxy) is 1. The summed E-state index contributed by atoms with van der Waals surface area (Å²) in [5, 5.41) is 6.42. The molecule has 0 radical (unpaired) electrons. The minimum atomic E-state index is -0.542. The molecule has 3 aromatic rings. The van der Waals surface area contributed by atoms with E-state index in [0.29, 0.717) is 22.4 Å². The van der Waals surface area contributed by atoms with Gasteiger partial charge in [0, 0.05) is 16.8 Å². The molecule has 1 heterocycles. The Hall–Kier alpha value is -3.45. The molecule has 8 heteroatoms. The number of para-hydroxylation sites is 1. The Balaban J connectivity index is 1.84. The molecule has 0 unspecified atom stereocenters. The van der Waals surface area contributed by atoms with E-state index in [1.807, 2.05) is 0 Å². The summed E-state index contributed by atoms with van der Waals surface area (Å²) in [6.45, 7) is 1.69. The Morgan fingerprint density at radius 2 is 1.75 bits per heavy atom. The molecule has 0 fully saturated rings. The second-order valence-electron chi connectivity index (χ2n) is 5.81. The molecule has 0 aliphatic heterocycles. The average molecular weight is 397 g/mol.